The second kappa shape index (κ2) is 6.26. The highest BCUT2D eigenvalue weighted by Crippen LogP contribution is 2.01. The van der Waals surface area contributed by atoms with E-state index in [0.29, 0.717) is 19.6 Å². The van der Waals surface area contributed by atoms with Gasteiger partial charge in [0, 0.05) is 26.2 Å². The van der Waals surface area contributed by atoms with Gasteiger partial charge in [-0.25, -0.2) is 13.1 Å². The molecule has 0 aromatic heterocycles. The van der Waals surface area contributed by atoms with Crippen molar-refractivity contribution < 1.29 is 13.2 Å². The van der Waals surface area contributed by atoms with Crippen LogP contribution >= 0.6 is 12.4 Å². The highest BCUT2D eigenvalue weighted by molar-refractivity contribution is 7.88. The molecule has 1 saturated heterocycles. The van der Waals surface area contributed by atoms with Crippen molar-refractivity contribution in [1.29, 1.82) is 0 Å². The van der Waals surface area contributed by atoms with Gasteiger partial charge in [-0.3, -0.25) is 4.79 Å². The lowest BCUT2D eigenvalue weighted by atomic mass is 10.0. The zero-order valence-electron chi connectivity index (χ0n) is 8.45. The highest BCUT2D eigenvalue weighted by atomic mass is 35.5. The topological polar surface area (TPSA) is 87.3 Å². The van der Waals surface area contributed by atoms with Crippen LogP contribution in [0.15, 0.2) is 0 Å². The summed E-state index contributed by atoms with van der Waals surface area (Å²) in [6.45, 7) is 2.00. The maximum atomic E-state index is 11.2. The molecule has 0 spiro atoms. The number of halogens is 1. The first-order valence-electron chi connectivity index (χ1n) is 4.42. The van der Waals surface area contributed by atoms with Gasteiger partial charge in [0.05, 0.1) is 12.2 Å². The molecule has 0 saturated carbocycles. The van der Waals surface area contributed by atoms with Crippen LogP contribution in [-0.2, 0) is 14.8 Å². The maximum Gasteiger partial charge on any atom is 0.225 e. The molecule has 0 aromatic carbocycles. The van der Waals surface area contributed by atoms with Crippen LogP contribution in [0.5, 0.6) is 0 Å². The minimum absolute atomic E-state index is 0. The van der Waals surface area contributed by atoms with E-state index >= 15 is 0 Å². The van der Waals surface area contributed by atoms with Crippen LogP contribution in [0.1, 0.15) is 0 Å². The fourth-order valence-corrected chi connectivity index (χ4v) is 1.51. The summed E-state index contributed by atoms with van der Waals surface area (Å²) in [5.41, 5.74) is 0. The summed E-state index contributed by atoms with van der Waals surface area (Å²) >= 11 is 0. The Morgan fingerprint density at radius 2 is 2.00 bits per heavy atom. The largest absolute Gasteiger partial charge is 0.354 e. The smallest absolute Gasteiger partial charge is 0.225 e. The Labute approximate surface area is 95.6 Å². The molecular formula is C7H16ClN3O3S. The summed E-state index contributed by atoms with van der Waals surface area (Å²) in [4.78, 5) is 11.2. The van der Waals surface area contributed by atoms with E-state index in [4.69, 9.17) is 0 Å². The van der Waals surface area contributed by atoms with Crippen LogP contribution in [0.4, 0.5) is 0 Å². The Morgan fingerprint density at radius 3 is 2.40 bits per heavy atom. The summed E-state index contributed by atoms with van der Waals surface area (Å²) in [6, 6.07) is 0. The summed E-state index contributed by atoms with van der Waals surface area (Å²) in [5, 5.41) is 5.64. The first-order valence-corrected chi connectivity index (χ1v) is 6.31. The third kappa shape index (κ3) is 5.93. The fraction of sp³-hybridized carbons (Fsp3) is 0.857. The second-order valence-electron chi connectivity index (χ2n) is 3.31. The molecule has 1 aliphatic heterocycles. The quantitative estimate of drug-likeness (QED) is 0.512. The number of hydrogen-bond donors (Lipinski definition) is 3. The Bertz CT molecular complexity index is 303. The van der Waals surface area contributed by atoms with Gasteiger partial charge in [-0.05, 0) is 0 Å². The van der Waals surface area contributed by atoms with Gasteiger partial charge < -0.3 is 10.6 Å². The van der Waals surface area contributed by atoms with Crippen LogP contribution < -0.4 is 15.4 Å². The Hall–Kier alpha value is -0.370. The number of carbonyl (C=O) groups is 1. The molecule has 8 heteroatoms. The van der Waals surface area contributed by atoms with E-state index < -0.39 is 10.0 Å². The van der Waals surface area contributed by atoms with E-state index in [9.17, 15) is 13.2 Å². The molecule has 1 aliphatic rings. The van der Waals surface area contributed by atoms with Gasteiger partial charge in [0.2, 0.25) is 15.9 Å². The summed E-state index contributed by atoms with van der Waals surface area (Å²) < 4.78 is 23.6. The van der Waals surface area contributed by atoms with Gasteiger partial charge in [-0.15, -0.1) is 12.4 Å². The van der Waals surface area contributed by atoms with Crippen LogP contribution in [0.25, 0.3) is 0 Å². The van der Waals surface area contributed by atoms with Crippen molar-refractivity contribution in [2.45, 2.75) is 0 Å². The summed E-state index contributed by atoms with van der Waals surface area (Å²) in [5.74, 6) is 0.0345. The molecule has 0 radical (unpaired) electrons. The zero-order chi connectivity index (χ0) is 10.6. The lowest BCUT2D eigenvalue weighted by molar-refractivity contribution is -0.126. The second-order valence-corrected chi connectivity index (χ2v) is 5.15. The number of rotatable bonds is 5. The number of nitrogens with one attached hydrogen (secondary N) is 3. The Morgan fingerprint density at radius 1 is 1.40 bits per heavy atom. The van der Waals surface area contributed by atoms with Crippen molar-refractivity contribution in [2.24, 2.45) is 5.92 Å². The van der Waals surface area contributed by atoms with Crippen molar-refractivity contribution in [1.82, 2.24) is 15.4 Å². The van der Waals surface area contributed by atoms with E-state index in [2.05, 4.69) is 15.4 Å². The van der Waals surface area contributed by atoms with Crippen LogP contribution in [0, 0.1) is 5.92 Å². The molecule has 0 bridgehead atoms. The van der Waals surface area contributed by atoms with E-state index in [0.717, 1.165) is 6.26 Å². The van der Waals surface area contributed by atoms with Crippen LogP contribution in [0.2, 0.25) is 0 Å². The van der Waals surface area contributed by atoms with Crippen LogP contribution in [0.3, 0.4) is 0 Å². The fourth-order valence-electron chi connectivity index (χ4n) is 1.04. The van der Waals surface area contributed by atoms with Gasteiger partial charge >= 0.3 is 0 Å². The van der Waals surface area contributed by atoms with Crippen LogP contribution in [-0.4, -0.2) is 46.8 Å². The summed E-state index contributed by atoms with van der Waals surface area (Å²) in [6.07, 6.45) is 1.09. The minimum Gasteiger partial charge on any atom is -0.354 e. The highest BCUT2D eigenvalue weighted by Gasteiger charge is 2.23. The molecule has 1 amide bonds. The van der Waals surface area contributed by atoms with E-state index in [1.807, 2.05) is 0 Å². The monoisotopic (exact) mass is 257 g/mol. The third-order valence-corrected chi connectivity index (χ3v) is 2.67. The predicted octanol–water partition coefficient (Wildman–Crippen LogP) is -1.71. The first kappa shape index (κ1) is 14.6. The Kier molecular flexibility index (Phi) is 6.11. The zero-order valence-corrected chi connectivity index (χ0v) is 10.1. The van der Waals surface area contributed by atoms with Gasteiger partial charge in [-0.2, -0.15) is 0 Å². The van der Waals surface area contributed by atoms with Crippen molar-refractivity contribution in [3.8, 4) is 0 Å². The molecule has 1 rings (SSSR count). The molecule has 0 aliphatic carbocycles. The number of sulfonamides is 1. The molecule has 6 nitrogen and oxygen atoms in total. The standard InChI is InChI=1S/C7H15N3O3S.ClH/c1-14(12,13)10-3-2-9-7(11)6-4-8-5-6;/h6,8,10H,2-5H2,1H3,(H,9,11);1H. The van der Waals surface area contributed by atoms with Crippen molar-refractivity contribution >= 4 is 28.3 Å². The minimum atomic E-state index is -3.15. The van der Waals surface area contributed by atoms with E-state index in [-0.39, 0.29) is 30.8 Å². The molecule has 0 atom stereocenters. The number of carbonyl (C=O) groups excluding carboxylic acids is 1. The number of hydrogen-bond acceptors (Lipinski definition) is 4. The van der Waals surface area contributed by atoms with Crippen molar-refractivity contribution in [3.63, 3.8) is 0 Å². The number of amides is 1. The van der Waals surface area contributed by atoms with E-state index in [1.54, 1.807) is 0 Å². The first-order chi connectivity index (χ1) is 6.49. The molecule has 1 fully saturated rings. The third-order valence-electron chi connectivity index (χ3n) is 1.94. The van der Waals surface area contributed by atoms with Gasteiger partial charge in [0.15, 0.2) is 0 Å². The molecule has 0 aromatic rings. The lowest BCUT2D eigenvalue weighted by Gasteiger charge is -2.25. The molecule has 90 valence electrons. The summed E-state index contributed by atoms with van der Waals surface area (Å²) in [7, 11) is -3.15. The normalized spacial score (nSPS) is 16.3. The molecule has 1 heterocycles. The molecule has 3 N–H and O–H groups in total. The Balaban J connectivity index is 0.00000196. The molecular weight excluding hydrogens is 242 g/mol. The van der Waals surface area contributed by atoms with Gasteiger partial charge in [0.1, 0.15) is 0 Å². The van der Waals surface area contributed by atoms with E-state index in [1.165, 1.54) is 0 Å². The maximum absolute atomic E-state index is 11.2. The van der Waals surface area contributed by atoms with Crippen molar-refractivity contribution in [2.75, 3.05) is 32.4 Å². The predicted molar refractivity (Wildman–Crippen MR) is 59.5 cm³/mol. The molecule has 15 heavy (non-hydrogen) atoms. The molecule has 0 unspecified atom stereocenters. The average Bonchev–Trinajstić information content (AvgIpc) is 1.92. The van der Waals surface area contributed by atoms with Gasteiger partial charge in [-0.1, -0.05) is 0 Å². The SMILES string of the molecule is CS(=O)(=O)NCCNC(=O)C1CNC1.Cl. The lowest BCUT2D eigenvalue weighted by Crippen LogP contribution is -2.51. The average molecular weight is 258 g/mol. The van der Waals surface area contributed by atoms with Gasteiger partial charge in [0.25, 0.3) is 0 Å². The van der Waals surface area contributed by atoms with Crippen molar-refractivity contribution in [3.05, 3.63) is 0 Å².